The van der Waals surface area contributed by atoms with Crippen LogP contribution in [0.3, 0.4) is 0 Å². The molecule has 3 nitrogen and oxygen atoms in total. The number of primary amides is 1. The second-order valence-electron chi connectivity index (χ2n) is 2.75. The minimum atomic E-state index is -0.629. The lowest BCUT2D eigenvalue weighted by Crippen LogP contribution is -2.05. The summed E-state index contributed by atoms with van der Waals surface area (Å²) in [5.41, 5.74) is 5.61. The third kappa shape index (κ3) is 2.67. The predicted octanol–water partition coefficient (Wildman–Crippen LogP) is 0.817. The number of rotatable bonds is 3. The summed E-state index contributed by atoms with van der Waals surface area (Å²) in [6, 6.07) is 4.25. The Hall–Kier alpha value is -1.68. The molecule has 14 heavy (non-hydrogen) atoms. The first-order valence-electron chi connectivity index (χ1n) is 4.00. The molecule has 1 aromatic carbocycles. The van der Waals surface area contributed by atoms with E-state index in [9.17, 15) is 9.18 Å². The SMILES string of the molecule is NC(=O)C=Cc1ccc(CO)cc1F. The highest BCUT2D eigenvalue weighted by molar-refractivity contribution is 5.90. The number of hydrogen-bond donors (Lipinski definition) is 2. The van der Waals surface area contributed by atoms with Crippen molar-refractivity contribution in [2.45, 2.75) is 6.61 Å². The van der Waals surface area contributed by atoms with E-state index in [1.807, 2.05) is 0 Å². The van der Waals surface area contributed by atoms with Crippen molar-refractivity contribution in [3.8, 4) is 0 Å². The Balaban J connectivity index is 2.94. The largest absolute Gasteiger partial charge is 0.392 e. The molecule has 0 spiro atoms. The highest BCUT2D eigenvalue weighted by atomic mass is 19.1. The van der Waals surface area contributed by atoms with Crippen LogP contribution in [0.15, 0.2) is 24.3 Å². The molecular formula is C10H10FNO2. The Bertz CT molecular complexity index is 374. The predicted molar refractivity (Wildman–Crippen MR) is 50.6 cm³/mol. The van der Waals surface area contributed by atoms with Gasteiger partial charge in [-0.25, -0.2) is 4.39 Å². The van der Waals surface area contributed by atoms with E-state index in [0.29, 0.717) is 5.56 Å². The van der Waals surface area contributed by atoms with Crippen molar-refractivity contribution in [3.05, 3.63) is 41.2 Å². The zero-order valence-electron chi connectivity index (χ0n) is 7.40. The van der Waals surface area contributed by atoms with Gasteiger partial charge < -0.3 is 10.8 Å². The fourth-order valence-electron chi connectivity index (χ4n) is 0.976. The number of nitrogens with two attached hydrogens (primary N) is 1. The molecule has 1 rings (SSSR count). The number of benzene rings is 1. The highest BCUT2D eigenvalue weighted by Crippen LogP contribution is 2.11. The molecule has 4 heteroatoms. The van der Waals surface area contributed by atoms with Crippen molar-refractivity contribution in [3.63, 3.8) is 0 Å². The molecule has 74 valence electrons. The normalized spacial score (nSPS) is 10.7. The number of aliphatic hydroxyl groups is 1. The van der Waals surface area contributed by atoms with Crippen LogP contribution in [0.4, 0.5) is 4.39 Å². The van der Waals surface area contributed by atoms with Gasteiger partial charge >= 0.3 is 0 Å². The van der Waals surface area contributed by atoms with Crippen LogP contribution >= 0.6 is 0 Å². The summed E-state index contributed by atoms with van der Waals surface area (Å²) in [7, 11) is 0. The van der Waals surface area contributed by atoms with E-state index in [4.69, 9.17) is 10.8 Å². The molecule has 1 aromatic rings. The minimum Gasteiger partial charge on any atom is -0.392 e. The zero-order valence-corrected chi connectivity index (χ0v) is 7.40. The molecule has 0 atom stereocenters. The zero-order chi connectivity index (χ0) is 10.6. The maximum atomic E-state index is 13.2. The molecule has 0 bridgehead atoms. The van der Waals surface area contributed by atoms with E-state index in [1.165, 1.54) is 18.2 Å². The van der Waals surface area contributed by atoms with Crippen LogP contribution in [0.2, 0.25) is 0 Å². The number of halogens is 1. The average Bonchev–Trinajstić information content (AvgIpc) is 2.15. The van der Waals surface area contributed by atoms with Gasteiger partial charge in [-0.15, -0.1) is 0 Å². The van der Waals surface area contributed by atoms with Crippen LogP contribution in [-0.2, 0) is 11.4 Å². The Kier molecular flexibility index (Phi) is 3.36. The van der Waals surface area contributed by atoms with Gasteiger partial charge in [0.15, 0.2) is 0 Å². The smallest absolute Gasteiger partial charge is 0.241 e. The Morgan fingerprint density at radius 3 is 2.79 bits per heavy atom. The van der Waals surface area contributed by atoms with Crippen molar-refractivity contribution >= 4 is 12.0 Å². The van der Waals surface area contributed by atoms with Gasteiger partial charge in [0.05, 0.1) is 6.61 Å². The van der Waals surface area contributed by atoms with Crippen LogP contribution in [0.25, 0.3) is 6.08 Å². The molecule has 0 fully saturated rings. The molecule has 0 radical (unpaired) electrons. The van der Waals surface area contributed by atoms with Gasteiger partial charge in [0, 0.05) is 11.6 Å². The van der Waals surface area contributed by atoms with Crippen LogP contribution in [0.5, 0.6) is 0 Å². The molecule has 3 N–H and O–H groups in total. The van der Waals surface area contributed by atoms with Crippen molar-refractivity contribution in [1.82, 2.24) is 0 Å². The van der Waals surface area contributed by atoms with Crippen LogP contribution in [0, 0.1) is 5.82 Å². The molecule has 0 aliphatic heterocycles. The summed E-state index contributed by atoms with van der Waals surface area (Å²) in [5, 5.41) is 8.71. The maximum Gasteiger partial charge on any atom is 0.241 e. The Morgan fingerprint density at radius 1 is 1.57 bits per heavy atom. The quantitative estimate of drug-likeness (QED) is 0.701. The van der Waals surface area contributed by atoms with Gasteiger partial charge in [-0.2, -0.15) is 0 Å². The summed E-state index contributed by atoms with van der Waals surface area (Å²) in [6.45, 7) is -0.212. The number of hydrogen-bond acceptors (Lipinski definition) is 2. The van der Waals surface area contributed by atoms with Gasteiger partial charge in [-0.05, 0) is 17.7 Å². The van der Waals surface area contributed by atoms with Crippen molar-refractivity contribution in [2.24, 2.45) is 5.73 Å². The molecular weight excluding hydrogens is 185 g/mol. The van der Waals surface area contributed by atoms with E-state index >= 15 is 0 Å². The number of amides is 1. The number of carbonyl (C=O) groups excluding carboxylic acids is 1. The first-order valence-corrected chi connectivity index (χ1v) is 4.00. The molecule has 0 aliphatic carbocycles. The van der Waals surface area contributed by atoms with E-state index in [1.54, 1.807) is 6.07 Å². The Morgan fingerprint density at radius 2 is 2.29 bits per heavy atom. The number of carbonyl (C=O) groups is 1. The highest BCUT2D eigenvalue weighted by Gasteiger charge is 1.99. The summed E-state index contributed by atoms with van der Waals surface area (Å²) in [6.07, 6.45) is 2.37. The maximum absolute atomic E-state index is 13.2. The molecule has 0 heterocycles. The molecule has 0 aliphatic rings. The third-order valence-corrected chi connectivity index (χ3v) is 1.67. The van der Waals surface area contributed by atoms with Gasteiger partial charge in [-0.3, -0.25) is 4.79 Å². The first-order chi connectivity index (χ1) is 6.63. The summed E-state index contributed by atoms with van der Waals surface area (Å²) in [4.78, 5) is 10.4. The van der Waals surface area contributed by atoms with Crippen molar-refractivity contribution in [2.75, 3.05) is 0 Å². The van der Waals surface area contributed by atoms with Gasteiger partial charge in [0.1, 0.15) is 5.82 Å². The molecule has 1 amide bonds. The van der Waals surface area contributed by atoms with E-state index < -0.39 is 11.7 Å². The second-order valence-corrected chi connectivity index (χ2v) is 2.75. The van der Waals surface area contributed by atoms with Crippen LogP contribution in [0.1, 0.15) is 11.1 Å². The third-order valence-electron chi connectivity index (χ3n) is 1.67. The van der Waals surface area contributed by atoms with E-state index in [0.717, 1.165) is 6.08 Å². The first kappa shape index (κ1) is 10.4. The fraction of sp³-hybridized carbons (Fsp3) is 0.100. The minimum absolute atomic E-state index is 0.212. The van der Waals surface area contributed by atoms with Crippen LogP contribution < -0.4 is 5.73 Å². The standard InChI is InChI=1S/C10H10FNO2/c11-9-5-7(6-13)1-2-8(9)3-4-10(12)14/h1-5,13H,6H2,(H2,12,14). The molecule has 0 saturated heterocycles. The topological polar surface area (TPSA) is 63.3 Å². The van der Waals surface area contributed by atoms with Gasteiger partial charge in [0.25, 0.3) is 0 Å². The Labute approximate surface area is 80.7 Å². The van der Waals surface area contributed by atoms with Crippen LogP contribution in [-0.4, -0.2) is 11.0 Å². The monoisotopic (exact) mass is 195 g/mol. The van der Waals surface area contributed by atoms with E-state index in [-0.39, 0.29) is 12.2 Å². The summed E-state index contributed by atoms with van der Waals surface area (Å²) < 4.78 is 13.2. The van der Waals surface area contributed by atoms with Crippen molar-refractivity contribution in [1.29, 1.82) is 0 Å². The number of aliphatic hydroxyl groups excluding tert-OH is 1. The second kappa shape index (κ2) is 4.53. The molecule has 0 saturated carbocycles. The van der Waals surface area contributed by atoms with Gasteiger partial charge in [-0.1, -0.05) is 12.1 Å². The lowest BCUT2D eigenvalue weighted by atomic mass is 10.1. The van der Waals surface area contributed by atoms with Gasteiger partial charge in [0.2, 0.25) is 5.91 Å². The summed E-state index contributed by atoms with van der Waals surface area (Å²) in [5.74, 6) is -1.12. The average molecular weight is 195 g/mol. The molecule has 0 unspecified atom stereocenters. The fourth-order valence-corrected chi connectivity index (χ4v) is 0.976. The summed E-state index contributed by atoms with van der Waals surface area (Å²) >= 11 is 0. The van der Waals surface area contributed by atoms with E-state index in [2.05, 4.69) is 0 Å². The lowest BCUT2D eigenvalue weighted by Gasteiger charge is -1.99. The van der Waals surface area contributed by atoms with Crippen molar-refractivity contribution < 1.29 is 14.3 Å². The lowest BCUT2D eigenvalue weighted by molar-refractivity contribution is -0.113. The molecule has 0 aromatic heterocycles.